The predicted octanol–water partition coefficient (Wildman–Crippen LogP) is 4.45. The number of carbonyl (C=O) groups is 1. The maximum absolute atomic E-state index is 13.0. The van der Waals surface area contributed by atoms with Crippen LogP contribution in [0.5, 0.6) is 0 Å². The molecule has 0 aliphatic rings. The van der Waals surface area contributed by atoms with Gasteiger partial charge in [0.05, 0.1) is 5.52 Å². The van der Waals surface area contributed by atoms with E-state index >= 15 is 0 Å². The number of para-hydroxylation sites is 1. The second-order valence-electron chi connectivity index (χ2n) is 4.72. The van der Waals surface area contributed by atoms with E-state index in [1.165, 1.54) is 18.2 Å². The summed E-state index contributed by atoms with van der Waals surface area (Å²) in [6.45, 7) is 0. The number of halogens is 2. The van der Waals surface area contributed by atoms with Crippen molar-refractivity contribution in [2.45, 2.75) is 6.42 Å². The first-order valence-electron chi connectivity index (χ1n) is 6.46. The summed E-state index contributed by atoms with van der Waals surface area (Å²) in [6, 6.07) is 15.2. The molecule has 0 atom stereocenters. The number of pyridine rings is 1. The summed E-state index contributed by atoms with van der Waals surface area (Å²) in [5.41, 5.74) is 1.75. The molecule has 3 aromatic rings. The molecule has 4 heteroatoms. The number of ketones is 1. The molecule has 104 valence electrons. The van der Waals surface area contributed by atoms with Gasteiger partial charge in [0.2, 0.25) is 0 Å². The zero-order chi connectivity index (χ0) is 14.8. The summed E-state index contributed by atoms with van der Waals surface area (Å²) in [6.07, 6.45) is 0.102. The van der Waals surface area contributed by atoms with Crippen molar-refractivity contribution >= 4 is 28.3 Å². The summed E-state index contributed by atoms with van der Waals surface area (Å²) < 4.78 is 13.0. The molecule has 0 spiro atoms. The Morgan fingerprint density at radius 3 is 2.71 bits per heavy atom. The topological polar surface area (TPSA) is 30.0 Å². The zero-order valence-electron chi connectivity index (χ0n) is 11.0. The Bertz CT molecular complexity index is 832. The molecule has 21 heavy (non-hydrogen) atoms. The van der Waals surface area contributed by atoms with Crippen molar-refractivity contribution in [3.05, 3.63) is 76.7 Å². The largest absolute Gasteiger partial charge is 0.292 e. The SMILES string of the molecule is O=C(Cc1ccc(F)cc1Cl)c1ccc2ccccc2n1. The highest BCUT2D eigenvalue weighted by molar-refractivity contribution is 6.31. The molecule has 0 aliphatic carbocycles. The molecule has 0 amide bonds. The van der Waals surface area contributed by atoms with Crippen LogP contribution < -0.4 is 0 Å². The highest BCUT2D eigenvalue weighted by Crippen LogP contribution is 2.20. The maximum atomic E-state index is 13.0. The van der Waals surface area contributed by atoms with Crippen molar-refractivity contribution in [1.82, 2.24) is 4.98 Å². The Labute approximate surface area is 126 Å². The summed E-state index contributed by atoms with van der Waals surface area (Å²) >= 11 is 5.94. The maximum Gasteiger partial charge on any atom is 0.185 e. The summed E-state index contributed by atoms with van der Waals surface area (Å²) in [5, 5.41) is 1.23. The van der Waals surface area contributed by atoms with Gasteiger partial charge in [-0.05, 0) is 29.8 Å². The van der Waals surface area contributed by atoms with Gasteiger partial charge in [-0.25, -0.2) is 9.37 Å². The lowest BCUT2D eigenvalue weighted by atomic mass is 10.1. The number of aromatic nitrogens is 1. The minimum absolute atomic E-state index is 0.102. The molecular weight excluding hydrogens is 289 g/mol. The van der Waals surface area contributed by atoms with Gasteiger partial charge in [-0.15, -0.1) is 0 Å². The van der Waals surface area contributed by atoms with Crippen molar-refractivity contribution in [1.29, 1.82) is 0 Å². The molecular formula is C17H11ClFNO. The van der Waals surface area contributed by atoms with Crippen molar-refractivity contribution < 1.29 is 9.18 Å². The van der Waals surface area contributed by atoms with Crippen molar-refractivity contribution in [3.63, 3.8) is 0 Å². The van der Waals surface area contributed by atoms with Gasteiger partial charge in [0.15, 0.2) is 5.78 Å². The van der Waals surface area contributed by atoms with Crippen molar-refractivity contribution in [2.24, 2.45) is 0 Å². The highest BCUT2D eigenvalue weighted by atomic mass is 35.5. The smallest absolute Gasteiger partial charge is 0.185 e. The van der Waals surface area contributed by atoms with Crippen molar-refractivity contribution in [3.8, 4) is 0 Å². The zero-order valence-corrected chi connectivity index (χ0v) is 11.8. The third kappa shape index (κ3) is 2.93. The Balaban J connectivity index is 1.89. The Morgan fingerprint density at radius 2 is 1.90 bits per heavy atom. The van der Waals surface area contributed by atoms with E-state index in [1.54, 1.807) is 6.07 Å². The number of carbonyl (C=O) groups excluding carboxylic acids is 1. The molecule has 1 aromatic heterocycles. The molecule has 0 bridgehead atoms. The second kappa shape index (κ2) is 5.62. The summed E-state index contributed by atoms with van der Waals surface area (Å²) in [5.74, 6) is -0.561. The molecule has 0 unspecified atom stereocenters. The van der Waals surface area contributed by atoms with Crippen LogP contribution in [0, 0.1) is 5.82 Å². The Kier molecular flexibility index (Phi) is 3.67. The molecule has 0 radical (unpaired) electrons. The second-order valence-corrected chi connectivity index (χ2v) is 5.13. The first-order chi connectivity index (χ1) is 10.1. The van der Waals surface area contributed by atoms with Gasteiger partial charge in [0.25, 0.3) is 0 Å². The number of Topliss-reactive ketones (excluding diaryl/α,β-unsaturated/α-hetero) is 1. The summed E-state index contributed by atoms with van der Waals surface area (Å²) in [7, 11) is 0. The van der Waals surface area contributed by atoms with Gasteiger partial charge >= 0.3 is 0 Å². The Morgan fingerprint density at radius 1 is 1.10 bits per heavy atom. The predicted molar refractivity (Wildman–Crippen MR) is 81.2 cm³/mol. The van der Waals surface area contributed by atoms with Crippen LogP contribution >= 0.6 is 11.6 Å². The fraction of sp³-hybridized carbons (Fsp3) is 0.0588. The average Bonchev–Trinajstić information content (AvgIpc) is 2.49. The minimum atomic E-state index is -0.417. The lowest BCUT2D eigenvalue weighted by Crippen LogP contribution is -2.06. The van der Waals surface area contributed by atoms with Gasteiger partial charge in [0, 0.05) is 16.8 Å². The van der Waals surface area contributed by atoms with Crippen LogP contribution in [0.2, 0.25) is 5.02 Å². The number of hydrogen-bond donors (Lipinski definition) is 0. The highest BCUT2D eigenvalue weighted by Gasteiger charge is 2.12. The first kappa shape index (κ1) is 13.7. The normalized spacial score (nSPS) is 10.8. The molecule has 0 saturated heterocycles. The lowest BCUT2D eigenvalue weighted by Gasteiger charge is -2.05. The monoisotopic (exact) mass is 299 g/mol. The Hall–Kier alpha value is -2.26. The number of nitrogens with zero attached hydrogens (tertiary/aromatic N) is 1. The fourth-order valence-electron chi connectivity index (χ4n) is 2.15. The minimum Gasteiger partial charge on any atom is -0.292 e. The summed E-state index contributed by atoms with van der Waals surface area (Å²) in [4.78, 5) is 16.6. The van der Waals surface area contributed by atoms with Crippen LogP contribution in [0.3, 0.4) is 0 Å². The molecule has 2 aromatic carbocycles. The van der Waals surface area contributed by atoms with Gasteiger partial charge in [-0.3, -0.25) is 4.79 Å². The number of rotatable bonds is 3. The number of hydrogen-bond acceptors (Lipinski definition) is 2. The van der Waals surface area contributed by atoms with Gasteiger partial charge < -0.3 is 0 Å². The molecule has 0 fully saturated rings. The van der Waals surface area contributed by atoms with Crippen LogP contribution in [0.15, 0.2) is 54.6 Å². The van der Waals surface area contributed by atoms with Crippen molar-refractivity contribution in [2.75, 3.05) is 0 Å². The van der Waals surface area contributed by atoms with Gasteiger partial charge in [-0.1, -0.05) is 41.9 Å². The van der Waals surface area contributed by atoms with Gasteiger partial charge in [0.1, 0.15) is 11.5 Å². The fourth-order valence-corrected chi connectivity index (χ4v) is 2.38. The van der Waals surface area contributed by atoms with Crippen LogP contribution in [0.25, 0.3) is 10.9 Å². The van der Waals surface area contributed by atoms with E-state index in [2.05, 4.69) is 4.98 Å². The number of fused-ring (bicyclic) bond motifs is 1. The molecule has 0 aliphatic heterocycles. The third-order valence-corrected chi connectivity index (χ3v) is 3.60. The van der Waals surface area contributed by atoms with Crippen LogP contribution in [0.4, 0.5) is 4.39 Å². The van der Waals surface area contributed by atoms with E-state index in [0.717, 1.165) is 10.9 Å². The lowest BCUT2D eigenvalue weighted by molar-refractivity contribution is 0.0988. The molecule has 0 saturated carbocycles. The van der Waals surface area contributed by atoms with E-state index in [9.17, 15) is 9.18 Å². The first-order valence-corrected chi connectivity index (χ1v) is 6.84. The van der Waals surface area contributed by atoms with E-state index in [0.29, 0.717) is 11.3 Å². The molecule has 1 heterocycles. The molecule has 3 rings (SSSR count). The quantitative estimate of drug-likeness (QED) is 0.669. The van der Waals surface area contributed by atoms with Crippen LogP contribution in [-0.2, 0) is 6.42 Å². The van der Waals surface area contributed by atoms with E-state index in [4.69, 9.17) is 11.6 Å². The number of benzene rings is 2. The third-order valence-electron chi connectivity index (χ3n) is 3.25. The van der Waals surface area contributed by atoms with Crippen LogP contribution in [-0.4, -0.2) is 10.8 Å². The standard InChI is InChI=1S/C17H11ClFNO/c18-14-10-13(19)7-5-12(14)9-17(21)16-8-6-11-3-1-2-4-15(11)20-16/h1-8,10H,9H2. The van der Waals surface area contributed by atoms with E-state index < -0.39 is 5.82 Å². The molecule has 2 nitrogen and oxygen atoms in total. The van der Waals surface area contributed by atoms with Crippen LogP contribution in [0.1, 0.15) is 16.1 Å². The average molecular weight is 300 g/mol. The van der Waals surface area contributed by atoms with E-state index in [1.807, 2.05) is 30.3 Å². The van der Waals surface area contributed by atoms with Gasteiger partial charge in [-0.2, -0.15) is 0 Å². The van der Waals surface area contributed by atoms with E-state index in [-0.39, 0.29) is 17.2 Å². The molecule has 0 N–H and O–H groups in total.